The molecule has 0 aliphatic carbocycles. The highest BCUT2D eigenvalue weighted by Crippen LogP contribution is 2.50. The molecule has 6 heteroatoms. The number of nitrogens with zero attached hydrogens (tertiary/aromatic N) is 1. The third-order valence-corrected chi connectivity index (χ3v) is 4.70. The van der Waals surface area contributed by atoms with E-state index in [0.717, 1.165) is 16.6 Å². The van der Waals surface area contributed by atoms with Gasteiger partial charge in [-0.2, -0.15) is 0 Å². The van der Waals surface area contributed by atoms with E-state index >= 15 is 0 Å². The van der Waals surface area contributed by atoms with E-state index in [1.54, 1.807) is 33.7 Å². The Labute approximate surface area is 125 Å². The van der Waals surface area contributed by atoms with Crippen LogP contribution in [-0.4, -0.2) is 32.6 Å². The van der Waals surface area contributed by atoms with Gasteiger partial charge in [0.1, 0.15) is 18.7 Å². The smallest absolute Gasteiger partial charge is 0.148 e. The molecule has 2 rings (SSSR count). The van der Waals surface area contributed by atoms with Crippen molar-refractivity contribution in [3.05, 3.63) is 53.3 Å². The van der Waals surface area contributed by atoms with Gasteiger partial charge in [-0.3, -0.25) is 5.01 Å². The van der Waals surface area contributed by atoms with E-state index in [4.69, 9.17) is 9.47 Å². The third kappa shape index (κ3) is 3.82. The molecule has 1 heterocycles. The summed E-state index contributed by atoms with van der Waals surface area (Å²) >= 11 is 0. The second-order valence-corrected chi connectivity index (χ2v) is 8.37. The van der Waals surface area contributed by atoms with Gasteiger partial charge in [-0.1, -0.05) is 12.1 Å². The zero-order chi connectivity index (χ0) is 15.5. The van der Waals surface area contributed by atoms with Crippen LogP contribution < -0.4 is 10.2 Å². The van der Waals surface area contributed by atoms with Gasteiger partial charge >= 0.3 is 0 Å². The van der Waals surface area contributed by atoms with E-state index in [9.17, 15) is 4.57 Å². The summed E-state index contributed by atoms with van der Waals surface area (Å²) in [6.07, 6.45) is 3.59. The zero-order valence-electron chi connectivity index (χ0n) is 12.8. The van der Waals surface area contributed by atoms with Crippen LogP contribution in [-0.2, 0) is 15.8 Å². The van der Waals surface area contributed by atoms with E-state index < -0.39 is 7.14 Å². The summed E-state index contributed by atoms with van der Waals surface area (Å²) in [5, 5.41) is 2.62. The molecular weight excluding hydrogens is 287 g/mol. The summed E-state index contributed by atoms with van der Waals surface area (Å²) in [6, 6.07) is 7.85. The van der Waals surface area contributed by atoms with Crippen molar-refractivity contribution in [2.24, 2.45) is 0 Å². The Morgan fingerprint density at radius 3 is 2.33 bits per heavy atom. The third-order valence-electron chi connectivity index (χ3n) is 3.20. The number of hydrazine groups is 1. The summed E-state index contributed by atoms with van der Waals surface area (Å²) in [4.78, 5) is 0. The first-order valence-electron chi connectivity index (χ1n) is 6.61. The minimum Gasteiger partial charge on any atom is -0.497 e. The van der Waals surface area contributed by atoms with Gasteiger partial charge in [-0.15, -0.1) is 0 Å². The number of ether oxygens (including phenoxy) is 2. The largest absolute Gasteiger partial charge is 0.497 e. The average Bonchev–Trinajstić information content (AvgIpc) is 2.47. The molecule has 5 nitrogen and oxygen atoms in total. The van der Waals surface area contributed by atoms with E-state index in [-0.39, 0.29) is 0 Å². The molecule has 0 unspecified atom stereocenters. The van der Waals surface area contributed by atoms with Crippen LogP contribution in [0.2, 0.25) is 0 Å². The Balaban J connectivity index is 2.16. The number of rotatable bonds is 5. The lowest BCUT2D eigenvalue weighted by Crippen LogP contribution is -2.32. The van der Waals surface area contributed by atoms with Crippen molar-refractivity contribution in [3.63, 3.8) is 0 Å². The molecule has 0 aromatic heterocycles. The number of methoxy groups -OCH3 is 2. The van der Waals surface area contributed by atoms with Crippen LogP contribution in [0.4, 0.5) is 0 Å². The van der Waals surface area contributed by atoms with E-state index in [2.05, 4.69) is 5.43 Å². The Kier molecular flexibility index (Phi) is 4.63. The van der Waals surface area contributed by atoms with Gasteiger partial charge in [0.25, 0.3) is 0 Å². The molecule has 21 heavy (non-hydrogen) atoms. The van der Waals surface area contributed by atoms with Gasteiger partial charge in [0.2, 0.25) is 0 Å². The topological polar surface area (TPSA) is 50.8 Å². The van der Waals surface area contributed by atoms with Gasteiger partial charge in [-0.25, -0.2) is 0 Å². The Bertz CT molecular complexity index is 602. The molecule has 1 aliphatic heterocycles. The molecule has 0 fully saturated rings. The second kappa shape index (κ2) is 6.27. The minimum absolute atomic E-state index is 0.620. The molecule has 0 bridgehead atoms. The highest BCUT2D eigenvalue weighted by atomic mass is 31.2. The fraction of sp³-hybridized carbons (Fsp3) is 0.333. The highest BCUT2D eigenvalue weighted by molar-refractivity contribution is 7.67. The molecule has 0 radical (unpaired) electrons. The summed E-state index contributed by atoms with van der Waals surface area (Å²) in [5.41, 5.74) is 4.24. The van der Waals surface area contributed by atoms with Crippen LogP contribution >= 0.6 is 7.14 Å². The van der Waals surface area contributed by atoms with Crippen LogP contribution in [0.3, 0.4) is 0 Å². The fourth-order valence-electron chi connectivity index (χ4n) is 2.05. The fourth-order valence-corrected chi connectivity index (χ4v) is 3.15. The number of hydrogen-bond donors (Lipinski definition) is 1. The molecular formula is C15H21N2O3P. The SMILES string of the molecule is COC1=CNN(Cc2ccc(OC)cc2)C=C1P(C)(C)=O. The van der Waals surface area contributed by atoms with Crippen molar-refractivity contribution in [2.45, 2.75) is 6.54 Å². The molecule has 1 aromatic rings. The van der Waals surface area contributed by atoms with Crippen molar-refractivity contribution in [2.75, 3.05) is 27.5 Å². The molecule has 0 saturated heterocycles. The van der Waals surface area contributed by atoms with Crippen molar-refractivity contribution < 1.29 is 14.0 Å². The normalized spacial score (nSPS) is 15.0. The molecule has 0 spiro atoms. The summed E-state index contributed by atoms with van der Waals surface area (Å²) in [7, 11) is 0.823. The van der Waals surface area contributed by atoms with E-state index in [0.29, 0.717) is 12.3 Å². The van der Waals surface area contributed by atoms with Crippen LogP contribution in [0, 0.1) is 0 Å². The maximum atomic E-state index is 12.4. The van der Waals surface area contributed by atoms with Crippen LogP contribution in [0.25, 0.3) is 0 Å². The lowest BCUT2D eigenvalue weighted by molar-refractivity contribution is 0.255. The molecule has 1 N–H and O–H groups in total. The van der Waals surface area contributed by atoms with Gasteiger partial charge < -0.3 is 19.5 Å². The first-order chi connectivity index (χ1) is 9.94. The van der Waals surface area contributed by atoms with Gasteiger partial charge in [0.15, 0.2) is 0 Å². The lowest BCUT2D eigenvalue weighted by atomic mass is 10.2. The Morgan fingerprint density at radius 2 is 1.81 bits per heavy atom. The number of benzene rings is 1. The lowest BCUT2D eigenvalue weighted by Gasteiger charge is -2.28. The molecule has 1 aliphatic rings. The average molecular weight is 308 g/mol. The van der Waals surface area contributed by atoms with Crippen molar-refractivity contribution >= 4 is 7.14 Å². The molecule has 0 saturated carbocycles. The summed E-state index contributed by atoms with van der Waals surface area (Å²) in [5.74, 6) is 1.45. The molecule has 0 atom stereocenters. The van der Waals surface area contributed by atoms with Crippen molar-refractivity contribution in [3.8, 4) is 5.75 Å². The minimum atomic E-state index is -2.40. The first kappa shape index (κ1) is 15.5. The quantitative estimate of drug-likeness (QED) is 0.848. The number of allylic oxidation sites excluding steroid dienone is 1. The second-order valence-electron chi connectivity index (χ2n) is 5.18. The predicted octanol–water partition coefficient (Wildman–Crippen LogP) is 2.97. The van der Waals surface area contributed by atoms with E-state index in [1.165, 1.54) is 0 Å². The van der Waals surface area contributed by atoms with Crippen LogP contribution in [0.5, 0.6) is 5.75 Å². The van der Waals surface area contributed by atoms with Crippen molar-refractivity contribution in [1.82, 2.24) is 10.4 Å². The van der Waals surface area contributed by atoms with Gasteiger partial charge in [0, 0.05) is 6.20 Å². The molecule has 114 valence electrons. The van der Waals surface area contributed by atoms with Crippen LogP contribution in [0.15, 0.2) is 47.7 Å². The van der Waals surface area contributed by atoms with Crippen molar-refractivity contribution in [1.29, 1.82) is 0 Å². The monoisotopic (exact) mass is 308 g/mol. The van der Waals surface area contributed by atoms with E-state index in [1.807, 2.05) is 35.5 Å². The maximum Gasteiger partial charge on any atom is 0.148 e. The predicted molar refractivity (Wildman–Crippen MR) is 84.3 cm³/mol. The first-order valence-corrected chi connectivity index (χ1v) is 9.22. The van der Waals surface area contributed by atoms with Gasteiger partial charge in [0.05, 0.1) is 32.3 Å². The standard InChI is InChI=1S/C15H21N2O3P/c1-19-13-7-5-12(6-8-13)10-17-11-15(21(3,4)18)14(20-2)9-16-17/h5-9,11,16H,10H2,1-4H3. The molecule has 0 amide bonds. The maximum absolute atomic E-state index is 12.4. The Hall–Kier alpha value is -1.87. The van der Waals surface area contributed by atoms with Crippen LogP contribution in [0.1, 0.15) is 5.56 Å². The summed E-state index contributed by atoms with van der Waals surface area (Å²) < 4.78 is 22.8. The Morgan fingerprint density at radius 1 is 1.14 bits per heavy atom. The summed E-state index contributed by atoms with van der Waals surface area (Å²) in [6.45, 7) is 4.13. The van der Waals surface area contributed by atoms with Gasteiger partial charge in [-0.05, 0) is 31.0 Å². The highest BCUT2D eigenvalue weighted by Gasteiger charge is 2.24. The number of nitrogens with one attached hydrogen (secondary N) is 1. The zero-order valence-corrected chi connectivity index (χ0v) is 13.7. The number of hydrogen-bond acceptors (Lipinski definition) is 5. The molecule has 1 aromatic carbocycles.